The minimum absolute atomic E-state index is 0.439. The number of thiazole rings is 1. The smallest absolute Gasteiger partial charge is 0.213 e. The minimum Gasteiger partial charge on any atom is -0.490 e. The number of nitrogens with zero attached hydrogens (tertiary/aromatic N) is 3. The summed E-state index contributed by atoms with van der Waals surface area (Å²) in [5.74, 6) is 2.17. The number of hydrogen-bond acceptors (Lipinski definition) is 6. The Morgan fingerprint density at radius 3 is 2.52 bits per heavy atom. The molecule has 0 unspecified atom stereocenters. The summed E-state index contributed by atoms with van der Waals surface area (Å²) in [5.41, 5.74) is 2.16. The van der Waals surface area contributed by atoms with E-state index in [9.17, 15) is 0 Å². The standard InChI is InChI=1S/C23H29N5O2S/c1-17-18(2)31-22(28-17)11-12-25-23(24-3)27-16-19-9-10-21(26-15-19)30-14-13-29-20-7-5-4-6-8-20/h4-10,15H,11-14,16H2,1-3H3,(H2,24,25,27). The van der Waals surface area contributed by atoms with Crippen LogP contribution in [0.15, 0.2) is 53.7 Å². The molecule has 0 saturated heterocycles. The van der Waals surface area contributed by atoms with Crippen LogP contribution in [0.25, 0.3) is 0 Å². The van der Waals surface area contributed by atoms with Gasteiger partial charge in [0.1, 0.15) is 19.0 Å². The predicted octanol–water partition coefficient (Wildman–Crippen LogP) is 3.52. The van der Waals surface area contributed by atoms with Gasteiger partial charge in [0.05, 0.1) is 10.7 Å². The molecule has 1 aromatic carbocycles. The van der Waals surface area contributed by atoms with E-state index in [-0.39, 0.29) is 0 Å². The van der Waals surface area contributed by atoms with Crippen molar-refractivity contribution in [2.24, 2.45) is 4.99 Å². The van der Waals surface area contributed by atoms with Crippen LogP contribution >= 0.6 is 11.3 Å². The Balaban J connectivity index is 1.34. The Bertz CT molecular complexity index is 938. The van der Waals surface area contributed by atoms with Crippen LogP contribution in [-0.4, -0.2) is 42.7 Å². The molecule has 0 radical (unpaired) electrons. The Morgan fingerprint density at radius 2 is 1.84 bits per heavy atom. The summed E-state index contributed by atoms with van der Waals surface area (Å²) in [6, 6.07) is 13.5. The molecule has 0 atom stereocenters. The maximum atomic E-state index is 5.64. The summed E-state index contributed by atoms with van der Waals surface area (Å²) >= 11 is 1.75. The molecule has 0 aliphatic rings. The van der Waals surface area contributed by atoms with Crippen molar-refractivity contribution < 1.29 is 9.47 Å². The first kappa shape index (κ1) is 22.6. The highest BCUT2D eigenvalue weighted by molar-refractivity contribution is 7.11. The fraction of sp³-hybridized carbons (Fsp3) is 0.348. The summed E-state index contributed by atoms with van der Waals surface area (Å²) < 4.78 is 11.2. The first-order valence-electron chi connectivity index (χ1n) is 10.3. The molecule has 0 amide bonds. The van der Waals surface area contributed by atoms with E-state index < -0.39 is 0 Å². The van der Waals surface area contributed by atoms with E-state index in [0.717, 1.165) is 40.9 Å². The lowest BCUT2D eigenvalue weighted by Crippen LogP contribution is -2.37. The van der Waals surface area contributed by atoms with Crippen LogP contribution < -0.4 is 20.1 Å². The Morgan fingerprint density at radius 1 is 1.03 bits per heavy atom. The molecule has 164 valence electrons. The molecule has 8 heteroatoms. The molecule has 31 heavy (non-hydrogen) atoms. The molecule has 0 spiro atoms. The van der Waals surface area contributed by atoms with Crippen molar-refractivity contribution in [1.82, 2.24) is 20.6 Å². The summed E-state index contributed by atoms with van der Waals surface area (Å²) in [4.78, 5) is 14.5. The quantitative estimate of drug-likeness (QED) is 0.286. The molecule has 0 aliphatic carbocycles. The number of pyridine rings is 1. The fourth-order valence-electron chi connectivity index (χ4n) is 2.76. The molecule has 0 saturated carbocycles. The number of guanidine groups is 1. The average molecular weight is 440 g/mol. The van der Waals surface area contributed by atoms with Gasteiger partial charge in [0.15, 0.2) is 5.96 Å². The normalized spacial score (nSPS) is 11.3. The highest BCUT2D eigenvalue weighted by atomic mass is 32.1. The van der Waals surface area contributed by atoms with Crippen LogP contribution in [0.3, 0.4) is 0 Å². The summed E-state index contributed by atoms with van der Waals surface area (Å²) in [7, 11) is 1.76. The molecule has 2 aromatic heterocycles. The van der Waals surface area contributed by atoms with Gasteiger partial charge in [0.25, 0.3) is 0 Å². The van der Waals surface area contributed by atoms with Crippen LogP contribution in [0.4, 0.5) is 0 Å². The van der Waals surface area contributed by atoms with Crippen LogP contribution in [-0.2, 0) is 13.0 Å². The third-order valence-corrected chi connectivity index (χ3v) is 5.66. The number of para-hydroxylation sites is 1. The summed E-state index contributed by atoms with van der Waals surface area (Å²) in [6.45, 7) is 6.46. The molecule has 3 rings (SSSR count). The number of aryl methyl sites for hydroxylation is 2. The predicted molar refractivity (Wildman–Crippen MR) is 125 cm³/mol. The number of rotatable bonds is 10. The van der Waals surface area contributed by atoms with E-state index in [0.29, 0.717) is 25.6 Å². The lowest BCUT2D eigenvalue weighted by Gasteiger charge is -2.12. The Hall–Kier alpha value is -3.13. The lowest BCUT2D eigenvalue weighted by atomic mass is 10.3. The first-order valence-corrected chi connectivity index (χ1v) is 11.1. The largest absolute Gasteiger partial charge is 0.490 e. The van der Waals surface area contributed by atoms with Gasteiger partial charge in [-0.2, -0.15) is 0 Å². The van der Waals surface area contributed by atoms with Crippen LogP contribution in [0.1, 0.15) is 21.1 Å². The van der Waals surface area contributed by atoms with Gasteiger partial charge >= 0.3 is 0 Å². The number of nitrogens with one attached hydrogen (secondary N) is 2. The summed E-state index contributed by atoms with van der Waals surface area (Å²) in [5, 5.41) is 7.77. The zero-order valence-corrected chi connectivity index (χ0v) is 19.0. The Kier molecular flexibility index (Phi) is 8.66. The maximum absolute atomic E-state index is 5.64. The van der Waals surface area contributed by atoms with Crippen molar-refractivity contribution in [2.45, 2.75) is 26.8 Å². The highest BCUT2D eigenvalue weighted by Gasteiger charge is 2.05. The van der Waals surface area contributed by atoms with Gasteiger partial charge in [-0.25, -0.2) is 9.97 Å². The van der Waals surface area contributed by atoms with Gasteiger partial charge in [-0.3, -0.25) is 4.99 Å². The van der Waals surface area contributed by atoms with Crippen LogP contribution in [0, 0.1) is 13.8 Å². The lowest BCUT2D eigenvalue weighted by molar-refractivity contribution is 0.212. The maximum Gasteiger partial charge on any atom is 0.213 e. The van der Waals surface area contributed by atoms with E-state index in [2.05, 4.69) is 32.5 Å². The molecule has 2 N–H and O–H groups in total. The third-order valence-electron chi connectivity index (χ3n) is 4.53. The van der Waals surface area contributed by atoms with Gasteiger partial charge < -0.3 is 20.1 Å². The Labute approximate surface area is 187 Å². The van der Waals surface area contributed by atoms with Gasteiger partial charge in [-0.15, -0.1) is 11.3 Å². The monoisotopic (exact) mass is 439 g/mol. The second kappa shape index (κ2) is 11.9. The van der Waals surface area contributed by atoms with Crippen molar-refractivity contribution in [3.63, 3.8) is 0 Å². The average Bonchev–Trinajstić information content (AvgIpc) is 3.12. The second-order valence-corrected chi connectivity index (χ2v) is 8.15. The molecule has 0 fully saturated rings. The SMILES string of the molecule is CN=C(NCCc1nc(C)c(C)s1)NCc1ccc(OCCOc2ccccc2)nc1. The number of ether oxygens (including phenoxy) is 2. The zero-order valence-electron chi connectivity index (χ0n) is 18.2. The van der Waals surface area contributed by atoms with Crippen molar-refractivity contribution in [1.29, 1.82) is 0 Å². The van der Waals surface area contributed by atoms with E-state index in [1.54, 1.807) is 24.6 Å². The number of benzene rings is 1. The third kappa shape index (κ3) is 7.57. The second-order valence-electron chi connectivity index (χ2n) is 6.87. The molecule has 7 nitrogen and oxygen atoms in total. The van der Waals surface area contributed by atoms with E-state index in [1.165, 1.54) is 4.88 Å². The van der Waals surface area contributed by atoms with E-state index >= 15 is 0 Å². The minimum atomic E-state index is 0.439. The molecule has 3 aromatic rings. The van der Waals surface area contributed by atoms with Crippen LogP contribution in [0.5, 0.6) is 11.6 Å². The van der Waals surface area contributed by atoms with Gasteiger partial charge in [0.2, 0.25) is 5.88 Å². The van der Waals surface area contributed by atoms with E-state index in [1.807, 2.05) is 49.4 Å². The summed E-state index contributed by atoms with van der Waals surface area (Å²) in [6.07, 6.45) is 2.68. The van der Waals surface area contributed by atoms with Gasteiger partial charge in [0, 0.05) is 43.7 Å². The van der Waals surface area contributed by atoms with Gasteiger partial charge in [-0.05, 0) is 31.5 Å². The highest BCUT2D eigenvalue weighted by Crippen LogP contribution is 2.16. The number of hydrogen-bond donors (Lipinski definition) is 2. The fourth-order valence-corrected chi connectivity index (χ4v) is 3.70. The van der Waals surface area contributed by atoms with Gasteiger partial charge in [-0.1, -0.05) is 24.3 Å². The van der Waals surface area contributed by atoms with Crippen molar-refractivity contribution in [2.75, 3.05) is 26.8 Å². The first-order chi connectivity index (χ1) is 15.1. The molecule has 0 aliphatic heterocycles. The molecule has 2 heterocycles. The topological polar surface area (TPSA) is 80.7 Å². The van der Waals surface area contributed by atoms with Crippen molar-refractivity contribution >= 4 is 17.3 Å². The zero-order chi connectivity index (χ0) is 21.9. The van der Waals surface area contributed by atoms with Crippen molar-refractivity contribution in [3.8, 4) is 11.6 Å². The van der Waals surface area contributed by atoms with Crippen molar-refractivity contribution in [3.05, 3.63) is 69.8 Å². The molecule has 0 bridgehead atoms. The number of aliphatic imine (C=N–C) groups is 1. The number of aromatic nitrogens is 2. The van der Waals surface area contributed by atoms with Crippen LogP contribution in [0.2, 0.25) is 0 Å². The molecular weight excluding hydrogens is 410 g/mol. The molecular formula is C23H29N5O2S. The van der Waals surface area contributed by atoms with E-state index in [4.69, 9.17) is 9.47 Å².